The summed E-state index contributed by atoms with van der Waals surface area (Å²) in [5, 5.41) is 18.8. The topological polar surface area (TPSA) is 40.5 Å². The van der Waals surface area contributed by atoms with Crippen LogP contribution < -0.4 is 0 Å². The molecule has 2 heteroatoms. The first-order valence-corrected chi connectivity index (χ1v) is 9.22. The minimum atomic E-state index is 0.439. The van der Waals surface area contributed by atoms with Gasteiger partial charge in [0.2, 0.25) is 0 Å². The molecule has 0 heterocycles. The Morgan fingerprint density at radius 2 is 0.958 bits per heavy atom. The van der Waals surface area contributed by atoms with Crippen molar-refractivity contribution in [3.63, 3.8) is 0 Å². The first kappa shape index (κ1) is 20.1. The van der Waals surface area contributed by atoms with Gasteiger partial charge in [-0.3, -0.25) is 0 Å². The van der Waals surface area contributed by atoms with Crippen molar-refractivity contribution >= 4 is 0 Å². The first-order valence-electron chi connectivity index (χ1n) is 9.22. The average molecular weight is 328 g/mol. The van der Waals surface area contributed by atoms with E-state index in [1.54, 1.807) is 12.1 Å². The van der Waals surface area contributed by atoms with Gasteiger partial charge >= 0.3 is 0 Å². The van der Waals surface area contributed by atoms with E-state index in [0.29, 0.717) is 11.5 Å². The van der Waals surface area contributed by atoms with E-state index in [-0.39, 0.29) is 0 Å². The fourth-order valence-electron chi connectivity index (χ4n) is 2.58. The third-order valence-corrected chi connectivity index (χ3v) is 4.08. The van der Waals surface area contributed by atoms with Crippen molar-refractivity contribution in [3.05, 3.63) is 59.7 Å². The predicted molar refractivity (Wildman–Crippen MR) is 103 cm³/mol. The molecule has 0 fully saturated rings. The standard InChI is InChI=1S/2C11H16O/c2*1-2-3-4-7-10-8-5-6-9-11(10)12/h2*5-6,8-9,12H,2-4,7H2,1H3. The van der Waals surface area contributed by atoms with Gasteiger partial charge in [-0.2, -0.15) is 0 Å². The van der Waals surface area contributed by atoms with Crippen LogP contribution in [0.3, 0.4) is 0 Å². The smallest absolute Gasteiger partial charge is 0.118 e. The van der Waals surface area contributed by atoms with Crippen molar-refractivity contribution in [2.75, 3.05) is 0 Å². The largest absolute Gasteiger partial charge is 0.508 e. The summed E-state index contributed by atoms with van der Waals surface area (Å²) in [6.45, 7) is 4.37. The Hall–Kier alpha value is -1.96. The van der Waals surface area contributed by atoms with E-state index >= 15 is 0 Å². The molecular formula is C22H32O2. The van der Waals surface area contributed by atoms with Crippen molar-refractivity contribution < 1.29 is 10.2 Å². The number of hydrogen-bond donors (Lipinski definition) is 2. The van der Waals surface area contributed by atoms with Crippen LogP contribution in [0.4, 0.5) is 0 Å². The highest BCUT2D eigenvalue weighted by atomic mass is 16.3. The number of phenolic OH excluding ortho intramolecular Hbond substituents is 2. The molecule has 0 aliphatic carbocycles. The molecule has 0 amide bonds. The Morgan fingerprint density at radius 1 is 0.583 bits per heavy atom. The SMILES string of the molecule is CCCCCc1ccccc1O.CCCCCc1ccccc1O. The fourth-order valence-corrected chi connectivity index (χ4v) is 2.58. The van der Waals surface area contributed by atoms with E-state index < -0.39 is 0 Å². The summed E-state index contributed by atoms with van der Waals surface area (Å²) in [5.74, 6) is 0.877. The van der Waals surface area contributed by atoms with Gasteiger partial charge in [-0.25, -0.2) is 0 Å². The molecule has 2 N–H and O–H groups in total. The van der Waals surface area contributed by atoms with Crippen LogP contribution in [-0.4, -0.2) is 10.2 Å². The van der Waals surface area contributed by atoms with Crippen molar-refractivity contribution in [2.45, 2.75) is 65.2 Å². The van der Waals surface area contributed by atoms with E-state index in [9.17, 15) is 10.2 Å². The van der Waals surface area contributed by atoms with Crippen LogP contribution >= 0.6 is 0 Å². The second kappa shape index (κ2) is 12.5. The van der Waals surface area contributed by atoms with Gasteiger partial charge in [0.1, 0.15) is 11.5 Å². The monoisotopic (exact) mass is 328 g/mol. The molecule has 0 aliphatic rings. The Balaban J connectivity index is 0.000000240. The summed E-state index contributed by atoms with van der Waals surface area (Å²) in [5.41, 5.74) is 2.15. The van der Waals surface area contributed by atoms with Gasteiger partial charge in [0.25, 0.3) is 0 Å². The van der Waals surface area contributed by atoms with E-state index in [4.69, 9.17) is 0 Å². The molecule has 2 aromatic rings. The number of phenols is 2. The van der Waals surface area contributed by atoms with E-state index in [1.807, 2.05) is 36.4 Å². The lowest BCUT2D eigenvalue weighted by Gasteiger charge is -2.02. The van der Waals surface area contributed by atoms with Gasteiger partial charge in [-0.05, 0) is 48.9 Å². The minimum Gasteiger partial charge on any atom is -0.508 e. The molecular weight excluding hydrogens is 296 g/mol. The molecule has 0 spiro atoms. The Labute approximate surface area is 147 Å². The Bertz CT molecular complexity index is 512. The first-order chi connectivity index (χ1) is 11.7. The van der Waals surface area contributed by atoms with Gasteiger partial charge in [0.15, 0.2) is 0 Å². The molecule has 2 rings (SSSR count). The molecule has 2 aromatic carbocycles. The zero-order chi connectivity index (χ0) is 17.6. The molecule has 0 saturated heterocycles. The molecule has 2 nitrogen and oxygen atoms in total. The van der Waals surface area contributed by atoms with Gasteiger partial charge in [-0.1, -0.05) is 75.9 Å². The number of unbranched alkanes of at least 4 members (excludes halogenated alkanes) is 4. The van der Waals surface area contributed by atoms with Crippen LogP contribution in [0.5, 0.6) is 11.5 Å². The number of benzene rings is 2. The normalized spacial score (nSPS) is 10.1. The lowest BCUT2D eigenvalue weighted by atomic mass is 10.1. The molecule has 0 saturated carbocycles. The van der Waals surface area contributed by atoms with Crippen LogP contribution in [-0.2, 0) is 12.8 Å². The van der Waals surface area contributed by atoms with Crippen LogP contribution in [0.15, 0.2) is 48.5 Å². The zero-order valence-corrected chi connectivity index (χ0v) is 15.2. The van der Waals surface area contributed by atoms with Crippen LogP contribution in [0.25, 0.3) is 0 Å². The molecule has 24 heavy (non-hydrogen) atoms. The van der Waals surface area contributed by atoms with Gasteiger partial charge in [-0.15, -0.1) is 0 Å². The Kier molecular flexibility index (Phi) is 10.4. The maximum atomic E-state index is 9.41. The maximum absolute atomic E-state index is 9.41. The van der Waals surface area contributed by atoms with Crippen molar-refractivity contribution in [1.82, 2.24) is 0 Å². The lowest BCUT2D eigenvalue weighted by molar-refractivity contribution is 0.466. The summed E-state index contributed by atoms with van der Waals surface area (Å²) in [4.78, 5) is 0. The second-order valence-corrected chi connectivity index (χ2v) is 6.17. The minimum absolute atomic E-state index is 0.439. The van der Waals surface area contributed by atoms with Crippen molar-refractivity contribution in [1.29, 1.82) is 0 Å². The van der Waals surface area contributed by atoms with Gasteiger partial charge in [0, 0.05) is 0 Å². The van der Waals surface area contributed by atoms with Crippen LogP contribution in [0.1, 0.15) is 63.5 Å². The highest BCUT2D eigenvalue weighted by Crippen LogP contribution is 2.18. The zero-order valence-electron chi connectivity index (χ0n) is 15.2. The maximum Gasteiger partial charge on any atom is 0.118 e. The molecule has 0 bridgehead atoms. The number of para-hydroxylation sites is 2. The summed E-state index contributed by atoms with van der Waals surface area (Å²) in [6.07, 6.45) is 9.30. The Morgan fingerprint density at radius 3 is 1.29 bits per heavy atom. The summed E-state index contributed by atoms with van der Waals surface area (Å²) in [6, 6.07) is 15.2. The second-order valence-electron chi connectivity index (χ2n) is 6.17. The van der Waals surface area contributed by atoms with E-state index in [0.717, 1.165) is 24.0 Å². The van der Waals surface area contributed by atoms with Gasteiger partial charge < -0.3 is 10.2 Å². The third kappa shape index (κ3) is 8.05. The highest BCUT2D eigenvalue weighted by molar-refractivity contribution is 5.32. The van der Waals surface area contributed by atoms with Gasteiger partial charge in [0.05, 0.1) is 0 Å². The number of aromatic hydroxyl groups is 2. The molecule has 0 atom stereocenters. The van der Waals surface area contributed by atoms with E-state index in [2.05, 4.69) is 13.8 Å². The highest BCUT2D eigenvalue weighted by Gasteiger charge is 1.98. The van der Waals surface area contributed by atoms with Crippen LogP contribution in [0.2, 0.25) is 0 Å². The van der Waals surface area contributed by atoms with Crippen molar-refractivity contribution in [2.24, 2.45) is 0 Å². The summed E-state index contributed by atoms with van der Waals surface area (Å²) >= 11 is 0. The number of rotatable bonds is 8. The number of aryl methyl sites for hydroxylation is 2. The third-order valence-electron chi connectivity index (χ3n) is 4.08. The number of hydrogen-bond acceptors (Lipinski definition) is 2. The van der Waals surface area contributed by atoms with E-state index in [1.165, 1.54) is 38.5 Å². The lowest BCUT2D eigenvalue weighted by Crippen LogP contribution is -1.85. The van der Waals surface area contributed by atoms with Crippen LogP contribution in [0, 0.1) is 0 Å². The molecule has 0 aromatic heterocycles. The molecule has 0 unspecified atom stereocenters. The quantitative estimate of drug-likeness (QED) is 0.562. The summed E-state index contributed by atoms with van der Waals surface area (Å²) < 4.78 is 0. The average Bonchev–Trinajstić information content (AvgIpc) is 2.59. The molecule has 0 aliphatic heterocycles. The predicted octanol–water partition coefficient (Wildman–Crippen LogP) is 6.25. The summed E-state index contributed by atoms with van der Waals surface area (Å²) in [7, 11) is 0. The van der Waals surface area contributed by atoms with Crippen molar-refractivity contribution in [3.8, 4) is 11.5 Å². The fraction of sp³-hybridized carbons (Fsp3) is 0.455. The molecule has 0 radical (unpaired) electrons. The molecule has 132 valence electrons.